The van der Waals surface area contributed by atoms with Gasteiger partial charge in [0.2, 0.25) is 0 Å². The molecule has 0 aliphatic rings. The zero-order valence-electron chi connectivity index (χ0n) is 11.1. The summed E-state index contributed by atoms with van der Waals surface area (Å²) in [6, 6.07) is 15.4. The minimum absolute atomic E-state index is 0.344. The summed E-state index contributed by atoms with van der Waals surface area (Å²) in [5, 5.41) is 3.64. The molecular weight excluding hydrogens is 413 g/mol. The van der Waals surface area contributed by atoms with Crippen molar-refractivity contribution in [2.75, 3.05) is 5.32 Å². The number of halogens is 2. The predicted molar refractivity (Wildman–Crippen MR) is 94.7 cm³/mol. The molecule has 0 amide bonds. The van der Waals surface area contributed by atoms with Gasteiger partial charge in [-0.15, -0.1) is 0 Å². The Kier molecular flexibility index (Phi) is 5.28. The fourth-order valence-electron chi connectivity index (χ4n) is 2.12. The second-order valence-corrected chi connectivity index (χ2v) is 6.78. The van der Waals surface area contributed by atoms with E-state index in [4.69, 9.17) is 0 Å². The first-order valence-electron chi connectivity index (χ1n) is 6.38. The highest BCUT2D eigenvalue weighted by molar-refractivity contribution is 14.1. The molecule has 0 aliphatic carbocycles. The van der Waals surface area contributed by atoms with Gasteiger partial charge in [0, 0.05) is 13.7 Å². The van der Waals surface area contributed by atoms with E-state index in [9.17, 15) is 0 Å². The van der Waals surface area contributed by atoms with Crippen LogP contribution in [-0.4, -0.2) is 0 Å². The van der Waals surface area contributed by atoms with Gasteiger partial charge in [-0.1, -0.05) is 35.0 Å². The molecule has 0 spiro atoms. The van der Waals surface area contributed by atoms with Crippen molar-refractivity contribution in [1.82, 2.24) is 0 Å². The van der Waals surface area contributed by atoms with Crippen molar-refractivity contribution < 1.29 is 0 Å². The smallest absolute Gasteiger partial charge is 0.0511 e. The summed E-state index contributed by atoms with van der Waals surface area (Å²) in [4.78, 5) is 0. The van der Waals surface area contributed by atoms with Crippen LogP contribution in [0.5, 0.6) is 0 Å². The third-order valence-corrected chi connectivity index (χ3v) is 4.34. The van der Waals surface area contributed by atoms with Gasteiger partial charge in [0.05, 0.1) is 6.04 Å². The van der Waals surface area contributed by atoms with Crippen molar-refractivity contribution in [2.24, 2.45) is 0 Å². The molecule has 1 unspecified atom stereocenters. The van der Waals surface area contributed by atoms with Crippen molar-refractivity contribution in [3.8, 4) is 0 Å². The number of benzene rings is 2. The molecule has 0 aliphatic heterocycles. The molecule has 3 heteroatoms. The van der Waals surface area contributed by atoms with E-state index in [2.05, 4.69) is 100 Å². The standard InChI is InChI=1S/C16H17BrIN/c1-3-15(12-5-4-6-13(17)10-12)19-16-8-7-14(18)9-11(16)2/h4-10,15,19H,3H2,1-2H3. The van der Waals surface area contributed by atoms with Crippen LogP contribution in [0.1, 0.15) is 30.5 Å². The Balaban J connectivity index is 2.24. The molecule has 1 atom stereocenters. The lowest BCUT2D eigenvalue weighted by molar-refractivity contribution is 0.748. The lowest BCUT2D eigenvalue weighted by Crippen LogP contribution is -2.10. The van der Waals surface area contributed by atoms with Crippen LogP contribution in [0.15, 0.2) is 46.9 Å². The molecule has 19 heavy (non-hydrogen) atoms. The topological polar surface area (TPSA) is 12.0 Å². The van der Waals surface area contributed by atoms with Crippen LogP contribution in [0.2, 0.25) is 0 Å². The normalized spacial score (nSPS) is 12.2. The van der Waals surface area contributed by atoms with Gasteiger partial charge in [0.1, 0.15) is 0 Å². The van der Waals surface area contributed by atoms with Gasteiger partial charge in [0.25, 0.3) is 0 Å². The minimum Gasteiger partial charge on any atom is -0.378 e. The highest BCUT2D eigenvalue weighted by Crippen LogP contribution is 2.27. The lowest BCUT2D eigenvalue weighted by Gasteiger charge is -2.20. The Morgan fingerprint density at radius 2 is 2.00 bits per heavy atom. The van der Waals surface area contributed by atoms with Crippen LogP contribution in [0.4, 0.5) is 5.69 Å². The number of hydrogen-bond donors (Lipinski definition) is 1. The Morgan fingerprint density at radius 1 is 1.21 bits per heavy atom. The summed E-state index contributed by atoms with van der Waals surface area (Å²) in [6.07, 6.45) is 1.06. The highest BCUT2D eigenvalue weighted by Gasteiger charge is 2.10. The summed E-state index contributed by atoms with van der Waals surface area (Å²) >= 11 is 5.89. The monoisotopic (exact) mass is 429 g/mol. The van der Waals surface area contributed by atoms with Crippen LogP contribution < -0.4 is 5.32 Å². The summed E-state index contributed by atoms with van der Waals surface area (Å²) in [5.74, 6) is 0. The number of nitrogens with one attached hydrogen (secondary N) is 1. The maximum absolute atomic E-state index is 3.64. The van der Waals surface area contributed by atoms with E-state index >= 15 is 0 Å². The molecule has 2 rings (SSSR count). The predicted octanol–water partition coefficient (Wildman–Crippen LogP) is 5.93. The van der Waals surface area contributed by atoms with Gasteiger partial charge in [-0.3, -0.25) is 0 Å². The van der Waals surface area contributed by atoms with Crippen LogP contribution in [0.3, 0.4) is 0 Å². The molecule has 2 aromatic rings. The maximum Gasteiger partial charge on any atom is 0.0511 e. The first kappa shape index (κ1) is 14.9. The van der Waals surface area contributed by atoms with Crippen molar-refractivity contribution >= 4 is 44.2 Å². The van der Waals surface area contributed by atoms with Crippen LogP contribution in [0, 0.1) is 10.5 Å². The Hall–Kier alpha value is -0.550. The first-order chi connectivity index (χ1) is 9.10. The van der Waals surface area contributed by atoms with E-state index in [0.717, 1.165) is 10.9 Å². The van der Waals surface area contributed by atoms with Gasteiger partial charge in [-0.25, -0.2) is 0 Å². The molecule has 0 saturated heterocycles. The third-order valence-electron chi connectivity index (χ3n) is 3.18. The van der Waals surface area contributed by atoms with Crippen LogP contribution >= 0.6 is 38.5 Å². The van der Waals surface area contributed by atoms with Gasteiger partial charge < -0.3 is 5.32 Å². The quantitative estimate of drug-likeness (QED) is 0.594. The van der Waals surface area contributed by atoms with Gasteiger partial charge >= 0.3 is 0 Å². The Bertz CT molecular complexity index is 568. The molecule has 0 aromatic heterocycles. The molecule has 0 radical (unpaired) electrons. The molecule has 2 aromatic carbocycles. The fraction of sp³-hybridized carbons (Fsp3) is 0.250. The second kappa shape index (κ2) is 6.75. The summed E-state index contributed by atoms with van der Waals surface area (Å²) in [6.45, 7) is 4.36. The molecule has 1 N–H and O–H groups in total. The maximum atomic E-state index is 3.64. The zero-order chi connectivity index (χ0) is 13.8. The Labute approximate surface area is 137 Å². The summed E-state index contributed by atoms with van der Waals surface area (Å²) in [7, 11) is 0. The minimum atomic E-state index is 0.344. The van der Waals surface area contributed by atoms with Crippen LogP contribution in [0.25, 0.3) is 0 Å². The van der Waals surface area contributed by atoms with Crippen molar-refractivity contribution in [3.05, 3.63) is 61.6 Å². The first-order valence-corrected chi connectivity index (χ1v) is 8.25. The van der Waals surface area contributed by atoms with Crippen molar-refractivity contribution in [2.45, 2.75) is 26.3 Å². The average Bonchev–Trinajstić information content (AvgIpc) is 2.38. The highest BCUT2D eigenvalue weighted by atomic mass is 127. The third kappa shape index (κ3) is 3.96. The van der Waals surface area contributed by atoms with Gasteiger partial charge in [-0.2, -0.15) is 0 Å². The molecule has 100 valence electrons. The number of aryl methyl sites for hydroxylation is 1. The van der Waals surface area contributed by atoms with Gasteiger partial charge in [0.15, 0.2) is 0 Å². The molecule has 0 fully saturated rings. The summed E-state index contributed by atoms with van der Waals surface area (Å²) < 4.78 is 2.40. The fourth-order valence-corrected chi connectivity index (χ4v) is 3.19. The number of rotatable bonds is 4. The Morgan fingerprint density at radius 3 is 2.63 bits per heavy atom. The average molecular weight is 430 g/mol. The van der Waals surface area contributed by atoms with Crippen molar-refractivity contribution in [1.29, 1.82) is 0 Å². The second-order valence-electron chi connectivity index (χ2n) is 4.62. The molecule has 0 heterocycles. The van der Waals surface area contributed by atoms with E-state index in [-0.39, 0.29) is 0 Å². The van der Waals surface area contributed by atoms with Crippen molar-refractivity contribution in [3.63, 3.8) is 0 Å². The molecule has 0 bridgehead atoms. The lowest BCUT2D eigenvalue weighted by atomic mass is 10.0. The number of hydrogen-bond acceptors (Lipinski definition) is 1. The van der Waals surface area contributed by atoms with E-state index in [1.165, 1.54) is 20.4 Å². The van der Waals surface area contributed by atoms with E-state index in [1.807, 2.05) is 0 Å². The van der Waals surface area contributed by atoms with Gasteiger partial charge in [-0.05, 0) is 77.4 Å². The number of anilines is 1. The van der Waals surface area contributed by atoms with Crippen LogP contribution in [-0.2, 0) is 0 Å². The SMILES string of the molecule is CCC(Nc1ccc(I)cc1C)c1cccc(Br)c1. The van der Waals surface area contributed by atoms with E-state index < -0.39 is 0 Å². The molecule has 1 nitrogen and oxygen atoms in total. The zero-order valence-corrected chi connectivity index (χ0v) is 14.8. The van der Waals surface area contributed by atoms with E-state index in [1.54, 1.807) is 0 Å². The largest absolute Gasteiger partial charge is 0.378 e. The molecular formula is C16H17BrIN. The summed E-state index contributed by atoms with van der Waals surface area (Å²) in [5.41, 5.74) is 3.82. The molecule has 0 saturated carbocycles. The van der Waals surface area contributed by atoms with E-state index in [0.29, 0.717) is 6.04 Å².